The summed E-state index contributed by atoms with van der Waals surface area (Å²) in [5.74, 6) is 0. The maximum atomic E-state index is 5.61. The Hall–Kier alpha value is -1.06. The van der Waals surface area contributed by atoms with Gasteiger partial charge >= 0.3 is 0 Å². The van der Waals surface area contributed by atoms with Gasteiger partial charge in [0.05, 0.1) is 12.7 Å². The number of hydrogen-bond acceptors (Lipinski definition) is 3. The van der Waals surface area contributed by atoms with Crippen molar-refractivity contribution in [2.24, 2.45) is 0 Å². The summed E-state index contributed by atoms with van der Waals surface area (Å²) in [6.07, 6.45) is 1.43. The highest BCUT2D eigenvalue weighted by atomic mass is 16.5. The van der Waals surface area contributed by atoms with Crippen LogP contribution in [-0.2, 0) is 4.74 Å². The third-order valence-corrected chi connectivity index (χ3v) is 2.57. The molecule has 82 valence electrons. The van der Waals surface area contributed by atoms with Crippen molar-refractivity contribution in [3.8, 4) is 0 Å². The first-order chi connectivity index (χ1) is 7.45. The Kier molecular flexibility index (Phi) is 4.00. The van der Waals surface area contributed by atoms with E-state index in [4.69, 9.17) is 4.74 Å². The van der Waals surface area contributed by atoms with E-state index in [1.807, 2.05) is 18.2 Å². The lowest BCUT2D eigenvalue weighted by atomic mass is 10.2. The van der Waals surface area contributed by atoms with E-state index in [0.29, 0.717) is 6.10 Å². The Bertz CT molecular complexity index is 270. The van der Waals surface area contributed by atoms with Crippen molar-refractivity contribution in [3.05, 3.63) is 30.3 Å². The molecule has 1 aliphatic heterocycles. The van der Waals surface area contributed by atoms with Gasteiger partial charge in [-0.05, 0) is 18.6 Å². The van der Waals surface area contributed by atoms with Crippen LogP contribution in [0.1, 0.15) is 6.42 Å². The quantitative estimate of drug-likeness (QED) is 0.783. The highest BCUT2D eigenvalue weighted by Gasteiger charge is 2.11. The van der Waals surface area contributed by atoms with Crippen molar-refractivity contribution >= 4 is 5.69 Å². The first-order valence-electron chi connectivity index (χ1n) is 5.56. The third-order valence-electron chi connectivity index (χ3n) is 2.57. The average molecular weight is 206 g/mol. The van der Waals surface area contributed by atoms with E-state index < -0.39 is 0 Å². The summed E-state index contributed by atoms with van der Waals surface area (Å²) < 4.78 is 5.61. The van der Waals surface area contributed by atoms with Crippen LogP contribution in [0.25, 0.3) is 0 Å². The molecule has 1 fully saturated rings. The summed E-state index contributed by atoms with van der Waals surface area (Å²) in [6.45, 7) is 3.78. The van der Waals surface area contributed by atoms with E-state index in [1.54, 1.807) is 0 Å². The molecular weight excluding hydrogens is 188 g/mol. The van der Waals surface area contributed by atoms with Crippen LogP contribution >= 0.6 is 0 Å². The number of anilines is 1. The standard InChI is InChI=1S/C12H18N2O/c1-2-4-11(5-3-1)14-7-6-12-10-13-8-9-15-12/h1-5,12-14H,6-10H2. The van der Waals surface area contributed by atoms with E-state index in [9.17, 15) is 0 Å². The minimum Gasteiger partial charge on any atom is -0.385 e. The minimum atomic E-state index is 0.370. The van der Waals surface area contributed by atoms with Crippen LogP contribution in [0, 0.1) is 0 Å². The van der Waals surface area contributed by atoms with Crippen molar-refractivity contribution < 1.29 is 4.74 Å². The predicted octanol–water partition coefficient (Wildman–Crippen LogP) is 1.48. The molecule has 0 spiro atoms. The Morgan fingerprint density at radius 3 is 2.93 bits per heavy atom. The highest BCUT2D eigenvalue weighted by molar-refractivity contribution is 5.42. The van der Waals surface area contributed by atoms with Gasteiger partial charge in [0.2, 0.25) is 0 Å². The van der Waals surface area contributed by atoms with Crippen molar-refractivity contribution in [3.63, 3.8) is 0 Å². The molecule has 1 aliphatic rings. The Labute approximate surface area is 90.8 Å². The zero-order valence-electron chi connectivity index (χ0n) is 8.91. The molecule has 0 aromatic heterocycles. The molecule has 1 unspecified atom stereocenters. The summed E-state index contributed by atoms with van der Waals surface area (Å²) in [7, 11) is 0. The summed E-state index contributed by atoms with van der Waals surface area (Å²) >= 11 is 0. The molecule has 1 aromatic carbocycles. The number of nitrogens with one attached hydrogen (secondary N) is 2. The van der Waals surface area contributed by atoms with Gasteiger partial charge in [-0.2, -0.15) is 0 Å². The van der Waals surface area contributed by atoms with Gasteiger partial charge in [-0.25, -0.2) is 0 Å². The molecule has 3 nitrogen and oxygen atoms in total. The molecule has 0 radical (unpaired) electrons. The summed E-state index contributed by atoms with van der Waals surface area (Å²) in [6, 6.07) is 10.3. The van der Waals surface area contributed by atoms with E-state index in [-0.39, 0.29) is 0 Å². The number of morpholine rings is 1. The molecule has 1 aromatic rings. The molecule has 1 saturated heterocycles. The van der Waals surface area contributed by atoms with Gasteiger partial charge in [-0.1, -0.05) is 18.2 Å². The van der Waals surface area contributed by atoms with Crippen molar-refractivity contribution in [2.75, 3.05) is 31.6 Å². The number of ether oxygens (including phenoxy) is 1. The van der Waals surface area contributed by atoms with Crippen molar-refractivity contribution in [1.82, 2.24) is 5.32 Å². The number of para-hydroxylation sites is 1. The Morgan fingerprint density at radius 1 is 1.33 bits per heavy atom. The molecule has 2 rings (SSSR count). The minimum absolute atomic E-state index is 0.370. The van der Waals surface area contributed by atoms with Crippen LogP contribution in [0.4, 0.5) is 5.69 Å². The maximum Gasteiger partial charge on any atom is 0.0716 e. The average Bonchev–Trinajstić information content (AvgIpc) is 2.32. The fourth-order valence-electron chi connectivity index (χ4n) is 1.74. The summed E-state index contributed by atoms with van der Waals surface area (Å²) in [4.78, 5) is 0. The van der Waals surface area contributed by atoms with Gasteiger partial charge in [0, 0.05) is 25.3 Å². The van der Waals surface area contributed by atoms with Crippen molar-refractivity contribution in [2.45, 2.75) is 12.5 Å². The lowest BCUT2D eigenvalue weighted by Crippen LogP contribution is -2.39. The summed E-state index contributed by atoms with van der Waals surface area (Å²) in [5.41, 5.74) is 1.18. The molecule has 1 heterocycles. The molecule has 15 heavy (non-hydrogen) atoms. The van der Waals surface area contributed by atoms with Crippen LogP contribution in [-0.4, -0.2) is 32.3 Å². The van der Waals surface area contributed by atoms with Crippen molar-refractivity contribution in [1.29, 1.82) is 0 Å². The fraction of sp³-hybridized carbons (Fsp3) is 0.500. The third kappa shape index (κ3) is 3.53. The van der Waals surface area contributed by atoms with Gasteiger partial charge in [0.25, 0.3) is 0 Å². The van der Waals surface area contributed by atoms with Crippen LogP contribution in [0.5, 0.6) is 0 Å². The molecule has 0 bridgehead atoms. The molecule has 0 aliphatic carbocycles. The second-order valence-electron chi connectivity index (χ2n) is 3.78. The van der Waals surface area contributed by atoms with E-state index in [2.05, 4.69) is 22.8 Å². The largest absolute Gasteiger partial charge is 0.385 e. The van der Waals surface area contributed by atoms with Gasteiger partial charge in [0.15, 0.2) is 0 Å². The first-order valence-corrected chi connectivity index (χ1v) is 5.56. The molecular formula is C12H18N2O. The fourth-order valence-corrected chi connectivity index (χ4v) is 1.74. The van der Waals surface area contributed by atoms with E-state index >= 15 is 0 Å². The Balaban J connectivity index is 1.66. The zero-order valence-corrected chi connectivity index (χ0v) is 8.91. The van der Waals surface area contributed by atoms with Crippen LogP contribution in [0.3, 0.4) is 0 Å². The first kappa shape index (κ1) is 10.5. The molecule has 0 saturated carbocycles. The lowest BCUT2D eigenvalue weighted by Gasteiger charge is -2.23. The Morgan fingerprint density at radius 2 is 2.20 bits per heavy atom. The van der Waals surface area contributed by atoms with Gasteiger partial charge in [-0.15, -0.1) is 0 Å². The molecule has 3 heteroatoms. The topological polar surface area (TPSA) is 33.3 Å². The lowest BCUT2D eigenvalue weighted by molar-refractivity contribution is 0.0258. The zero-order chi connectivity index (χ0) is 10.3. The number of benzene rings is 1. The monoisotopic (exact) mass is 206 g/mol. The second kappa shape index (κ2) is 5.73. The number of rotatable bonds is 4. The van der Waals surface area contributed by atoms with Crippen LogP contribution in [0.15, 0.2) is 30.3 Å². The molecule has 2 N–H and O–H groups in total. The predicted molar refractivity (Wildman–Crippen MR) is 62.2 cm³/mol. The smallest absolute Gasteiger partial charge is 0.0716 e. The molecule has 1 atom stereocenters. The van der Waals surface area contributed by atoms with E-state index in [0.717, 1.165) is 32.7 Å². The summed E-state index contributed by atoms with van der Waals surface area (Å²) in [5, 5.41) is 6.71. The van der Waals surface area contributed by atoms with Gasteiger partial charge in [-0.3, -0.25) is 0 Å². The van der Waals surface area contributed by atoms with Gasteiger partial charge < -0.3 is 15.4 Å². The maximum absolute atomic E-state index is 5.61. The second-order valence-corrected chi connectivity index (χ2v) is 3.78. The highest BCUT2D eigenvalue weighted by Crippen LogP contribution is 2.06. The van der Waals surface area contributed by atoms with Crippen LogP contribution < -0.4 is 10.6 Å². The molecule has 0 amide bonds. The van der Waals surface area contributed by atoms with Crippen LogP contribution in [0.2, 0.25) is 0 Å². The SMILES string of the molecule is c1ccc(NCCC2CNCCO2)cc1. The normalized spacial score (nSPS) is 21.2. The van der Waals surface area contributed by atoms with E-state index in [1.165, 1.54) is 5.69 Å². The number of hydrogen-bond donors (Lipinski definition) is 2. The van der Waals surface area contributed by atoms with Gasteiger partial charge in [0.1, 0.15) is 0 Å².